The lowest BCUT2D eigenvalue weighted by atomic mass is 10.0. The molecule has 0 atom stereocenters. The first-order chi connectivity index (χ1) is 12.7. The topological polar surface area (TPSA) is 20.2 Å². The van der Waals surface area contributed by atoms with Crippen LogP contribution in [0.5, 0.6) is 5.75 Å². The van der Waals surface area contributed by atoms with E-state index in [4.69, 9.17) is 0 Å². The van der Waals surface area contributed by atoms with Gasteiger partial charge in [-0.1, -0.05) is 115 Å². The number of aryl methyl sites for hydroxylation is 2. The molecule has 0 unspecified atom stereocenters. The summed E-state index contributed by atoms with van der Waals surface area (Å²) < 4.78 is 0. The quantitative estimate of drug-likeness (QED) is 0.276. The minimum atomic E-state index is 0.444. The van der Waals surface area contributed by atoms with Crippen molar-refractivity contribution in [2.45, 2.75) is 123 Å². The second kappa shape index (κ2) is 16.2. The maximum Gasteiger partial charge on any atom is 0.118 e. The monoisotopic (exact) mass is 360 g/mol. The van der Waals surface area contributed by atoms with Gasteiger partial charge in [-0.05, 0) is 37.0 Å². The van der Waals surface area contributed by atoms with E-state index >= 15 is 0 Å². The lowest BCUT2D eigenvalue weighted by Gasteiger charge is -2.05. The maximum absolute atomic E-state index is 9.74. The summed E-state index contributed by atoms with van der Waals surface area (Å²) in [5.41, 5.74) is 2.25. The molecule has 0 radical (unpaired) electrons. The third-order valence-electron chi connectivity index (χ3n) is 5.59. The Balaban J connectivity index is 1.79. The first-order valence-electron chi connectivity index (χ1n) is 11.5. The molecule has 0 fully saturated rings. The summed E-state index contributed by atoms with van der Waals surface area (Å²) in [5, 5.41) is 9.74. The van der Waals surface area contributed by atoms with Crippen molar-refractivity contribution >= 4 is 0 Å². The summed E-state index contributed by atoms with van der Waals surface area (Å²) >= 11 is 0. The molecule has 1 aromatic rings. The molecule has 0 aliphatic carbocycles. The molecule has 0 aliphatic heterocycles. The Morgan fingerprint density at radius 1 is 0.615 bits per heavy atom. The van der Waals surface area contributed by atoms with Crippen molar-refractivity contribution in [3.8, 4) is 5.75 Å². The van der Waals surface area contributed by atoms with Gasteiger partial charge >= 0.3 is 0 Å². The van der Waals surface area contributed by atoms with Gasteiger partial charge in [-0.15, -0.1) is 0 Å². The average molecular weight is 361 g/mol. The molecule has 1 N–H and O–H groups in total. The molecule has 0 spiro atoms. The zero-order chi connectivity index (χ0) is 18.9. The minimum Gasteiger partial charge on any atom is -0.508 e. The smallest absolute Gasteiger partial charge is 0.118 e. The SMILES string of the molecule is CCCCCCCCCCCCCCCCCCc1ccc(C)c(O)c1. The lowest BCUT2D eigenvalue weighted by molar-refractivity contribution is 0.470. The Morgan fingerprint density at radius 3 is 1.46 bits per heavy atom. The summed E-state index contributed by atoms with van der Waals surface area (Å²) in [6.45, 7) is 4.24. The lowest BCUT2D eigenvalue weighted by Crippen LogP contribution is -1.87. The number of phenols is 1. The van der Waals surface area contributed by atoms with E-state index in [1.54, 1.807) is 0 Å². The van der Waals surface area contributed by atoms with Gasteiger partial charge in [-0.25, -0.2) is 0 Å². The van der Waals surface area contributed by atoms with Crippen LogP contribution in [0.15, 0.2) is 18.2 Å². The average Bonchev–Trinajstić information content (AvgIpc) is 2.64. The van der Waals surface area contributed by atoms with Crippen LogP contribution in [0, 0.1) is 6.92 Å². The number of rotatable bonds is 17. The highest BCUT2D eigenvalue weighted by molar-refractivity contribution is 5.35. The van der Waals surface area contributed by atoms with Gasteiger partial charge in [0.1, 0.15) is 5.75 Å². The van der Waals surface area contributed by atoms with E-state index in [0.29, 0.717) is 5.75 Å². The van der Waals surface area contributed by atoms with E-state index in [1.165, 1.54) is 108 Å². The van der Waals surface area contributed by atoms with Crippen LogP contribution >= 0.6 is 0 Å². The molecule has 0 aromatic heterocycles. The van der Waals surface area contributed by atoms with E-state index in [1.807, 2.05) is 19.1 Å². The van der Waals surface area contributed by atoms with Crippen molar-refractivity contribution < 1.29 is 5.11 Å². The molecule has 26 heavy (non-hydrogen) atoms. The van der Waals surface area contributed by atoms with Crippen LogP contribution in [0.1, 0.15) is 121 Å². The molecule has 0 amide bonds. The van der Waals surface area contributed by atoms with Gasteiger partial charge in [0.25, 0.3) is 0 Å². The predicted molar refractivity (Wildman–Crippen MR) is 116 cm³/mol. The molecular weight excluding hydrogens is 316 g/mol. The van der Waals surface area contributed by atoms with Crippen LogP contribution in [0.2, 0.25) is 0 Å². The van der Waals surface area contributed by atoms with Crippen molar-refractivity contribution in [1.82, 2.24) is 0 Å². The van der Waals surface area contributed by atoms with E-state index < -0.39 is 0 Å². The summed E-state index contributed by atoms with van der Waals surface area (Å²) in [7, 11) is 0. The van der Waals surface area contributed by atoms with Crippen LogP contribution in [0.25, 0.3) is 0 Å². The normalized spacial score (nSPS) is 11.2. The van der Waals surface area contributed by atoms with Crippen molar-refractivity contribution in [2.24, 2.45) is 0 Å². The molecule has 0 bridgehead atoms. The van der Waals surface area contributed by atoms with E-state index in [9.17, 15) is 5.11 Å². The van der Waals surface area contributed by atoms with Crippen LogP contribution in [-0.4, -0.2) is 5.11 Å². The molecule has 0 heterocycles. The van der Waals surface area contributed by atoms with Gasteiger partial charge in [0.05, 0.1) is 0 Å². The molecule has 1 aromatic carbocycles. The number of hydrogen-bond acceptors (Lipinski definition) is 1. The number of phenolic OH excluding ortho intramolecular Hbond substituents is 1. The van der Waals surface area contributed by atoms with Gasteiger partial charge < -0.3 is 5.11 Å². The van der Waals surface area contributed by atoms with Crippen LogP contribution in [0.4, 0.5) is 0 Å². The Morgan fingerprint density at radius 2 is 1.04 bits per heavy atom. The van der Waals surface area contributed by atoms with E-state index in [2.05, 4.69) is 13.0 Å². The molecule has 0 saturated heterocycles. The van der Waals surface area contributed by atoms with E-state index in [-0.39, 0.29) is 0 Å². The Bertz CT molecular complexity index is 438. The van der Waals surface area contributed by atoms with Gasteiger partial charge in [0.15, 0.2) is 0 Å². The highest BCUT2D eigenvalue weighted by Gasteiger charge is 1.99. The second-order valence-corrected chi connectivity index (χ2v) is 8.17. The molecule has 1 rings (SSSR count). The first-order valence-corrected chi connectivity index (χ1v) is 11.5. The summed E-state index contributed by atoms with van der Waals surface area (Å²) in [4.78, 5) is 0. The fourth-order valence-corrected chi connectivity index (χ4v) is 3.69. The molecule has 0 aliphatic rings. The van der Waals surface area contributed by atoms with Crippen LogP contribution < -0.4 is 0 Å². The summed E-state index contributed by atoms with van der Waals surface area (Å²) in [5.74, 6) is 0.444. The molecule has 1 nitrogen and oxygen atoms in total. The van der Waals surface area contributed by atoms with Crippen molar-refractivity contribution in [3.63, 3.8) is 0 Å². The van der Waals surface area contributed by atoms with Crippen LogP contribution in [0.3, 0.4) is 0 Å². The predicted octanol–water partition coefficient (Wildman–Crippen LogP) is 8.50. The maximum atomic E-state index is 9.74. The van der Waals surface area contributed by atoms with Gasteiger partial charge in [0.2, 0.25) is 0 Å². The standard InChI is InChI=1S/C25H44O/c1-3-4-5-6-7-8-9-10-11-12-13-14-15-16-17-18-19-24-21-20-23(2)25(26)22-24/h20-22,26H,3-19H2,1-2H3. The third-order valence-corrected chi connectivity index (χ3v) is 5.59. The number of unbranched alkanes of at least 4 members (excludes halogenated alkanes) is 15. The van der Waals surface area contributed by atoms with Gasteiger partial charge in [-0.3, -0.25) is 0 Å². The fraction of sp³-hybridized carbons (Fsp3) is 0.760. The minimum absolute atomic E-state index is 0.444. The second-order valence-electron chi connectivity index (χ2n) is 8.17. The van der Waals surface area contributed by atoms with E-state index in [0.717, 1.165) is 12.0 Å². The van der Waals surface area contributed by atoms with Gasteiger partial charge in [0, 0.05) is 0 Å². The highest BCUT2D eigenvalue weighted by Crippen LogP contribution is 2.19. The highest BCUT2D eigenvalue weighted by atomic mass is 16.3. The largest absolute Gasteiger partial charge is 0.508 e. The third kappa shape index (κ3) is 12.4. The Hall–Kier alpha value is -0.980. The zero-order valence-electron chi connectivity index (χ0n) is 17.7. The molecular formula is C25H44O. The van der Waals surface area contributed by atoms with Gasteiger partial charge in [-0.2, -0.15) is 0 Å². The van der Waals surface area contributed by atoms with Crippen LogP contribution in [-0.2, 0) is 6.42 Å². The number of aromatic hydroxyl groups is 1. The molecule has 0 saturated carbocycles. The Labute approximate surface area is 163 Å². The zero-order valence-corrected chi connectivity index (χ0v) is 17.7. The van der Waals surface area contributed by atoms with Crippen molar-refractivity contribution in [3.05, 3.63) is 29.3 Å². The summed E-state index contributed by atoms with van der Waals surface area (Å²) in [6.07, 6.45) is 23.7. The number of hydrogen-bond donors (Lipinski definition) is 1. The molecule has 150 valence electrons. The Kier molecular flexibility index (Phi) is 14.4. The fourth-order valence-electron chi connectivity index (χ4n) is 3.69. The number of benzene rings is 1. The molecule has 1 heteroatoms. The summed E-state index contributed by atoms with van der Waals surface area (Å²) in [6, 6.07) is 6.11. The first kappa shape index (κ1) is 23.1. The van der Waals surface area contributed by atoms with Crippen molar-refractivity contribution in [1.29, 1.82) is 0 Å². The van der Waals surface area contributed by atoms with Crippen molar-refractivity contribution in [2.75, 3.05) is 0 Å².